The predicted octanol–water partition coefficient (Wildman–Crippen LogP) is 1.46. The molecule has 2 rings (SSSR count). The van der Waals surface area contributed by atoms with E-state index in [2.05, 4.69) is 0 Å². The summed E-state index contributed by atoms with van der Waals surface area (Å²) < 4.78 is 26.1. The number of carbonyl (C=O) groups is 1. The van der Waals surface area contributed by atoms with Gasteiger partial charge < -0.3 is 10.6 Å². The van der Waals surface area contributed by atoms with Gasteiger partial charge in [0.25, 0.3) is 0 Å². The van der Waals surface area contributed by atoms with Gasteiger partial charge in [-0.2, -0.15) is 4.31 Å². The average Bonchev–Trinajstić information content (AvgIpc) is 2.55. The van der Waals surface area contributed by atoms with Gasteiger partial charge in [-0.05, 0) is 38.3 Å². The fourth-order valence-corrected chi connectivity index (χ4v) is 4.09. The van der Waals surface area contributed by atoms with Gasteiger partial charge in [0.15, 0.2) is 0 Å². The van der Waals surface area contributed by atoms with Crippen molar-refractivity contribution in [1.82, 2.24) is 9.21 Å². The molecule has 0 spiro atoms. The molecule has 24 heavy (non-hydrogen) atoms. The van der Waals surface area contributed by atoms with Crippen molar-refractivity contribution in [1.29, 1.82) is 0 Å². The number of likely N-dealkylation sites (N-methyl/N-ethyl adjacent to an activating group) is 1. The molecule has 1 heterocycles. The van der Waals surface area contributed by atoms with E-state index in [9.17, 15) is 13.2 Å². The van der Waals surface area contributed by atoms with E-state index in [1.165, 1.54) is 19.2 Å². The third-order valence-electron chi connectivity index (χ3n) is 4.29. The van der Waals surface area contributed by atoms with Crippen LogP contribution in [0.3, 0.4) is 0 Å². The summed E-state index contributed by atoms with van der Waals surface area (Å²) in [5, 5.41) is 0. The largest absolute Gasteiger partial charge is 0.337 e. The van der Waals surface area contributed by atoms with Crippen molar-refractivity contribution >= 4 is 28.3 Å². The zero-order valence-electron chi connectivity index (χ0n) is 14.1. The Labute approximate surface area is 150 Å². The Morgan fingerprint density at radius 3 is 2.54 bits per heavy atom. The number of nitrogens with zero attached hydrogens (tertiary/aromatic N) is 2. The minimum atomic E-state index is -3.66. The highest BCUT2D eigenvalue weighted by molar-refractivity contribution is 7.89. The van der Waals surface area contributed by atoms with Crippen LogP contribution < -0.4 is 5.73 Å². The molecule has 1 amide bonds. The van der Waals surface area contributed by atoms with Gasteiger partial charge in [0.1, 0.15) is 0 Å². The minimum absolute atomic E-state index is 0. The number of benzene rings is 1. The third-order valence-corrected chi connectivity index (χ3v) is 6.10. The van der Waals surface area contributed by atoms with Crippen LogP contribution in [0.25, 0.3) is 0 Å². The van der Waals surface area contributed by atoms with E-state index in [0.717, 1.165) is 23.6 Å². The quantitative estimate of drug-likeness (QED) is 0.844. The minimum Gasteiger partial charge on any atom is -0.337 e. The summed E-state index contributed by atoms with van der Waals surface area (Å²) in [6.45, 7) is 2.37. The molecule has 2 atom stereocenters. The molecule has 0 radical (unpaired) electrons. The predicted molar refractivity (Wildman–Crippen MR) is 96.5 cm³/mol. The number of amides is 1. The van der Waals surface area contributed by atoms with Crippen molar-refractivity contribution < 1.29 is 13.2 Å². The Morgan fingerprint density at radius 2 is 1.96 bits per heavy atom. The Morgan fingerprint density at radius 1 is 1.33 bits per heavy atom. The highest BCUT2D eigenvalue weighted by Crippen LogP contribution is 2.20. The van der Waals surface area contributed by atoms with Gasteiger partial charge in [0.2, 0.25) is 15.9 Å². The van der Waals surface area contributed by atoms with Gasteiger partial charge >= 0.3 is 0 Å². The van der Waals surface area contributed by atoms with Gasteiger partial charge in [-0.3, -0.25) is 4.79 Å². The van der Waals surface area contributed by atoms with Crippen LogP contribution in [-0.2, 0) is 14.8 Å². The maximum absolute atomic E-state index is 12.6. The maximum atomic E-state index is 12.6. The normalized spacial score (nSPS) is 19.7. The molecule has 1 saturated heterocycles. The highest BCUT2D eigenvalue weighted by Gasteiger charge is 2.31. The second-order valence-corrected chi connectivity index (χ2v) is 8.13. The Kier molecular flexibility index (Phi) is 7.66. The number of likely N-dealkylation sites (tertiary alicyclic amines) is 1. The number of hydrogen-bond acceptors (Lipinski definition) is 4. The van der Waals surface area contributed by atoms with E-state index in [0.29, 0.717) is 6.54 Å². The Bertz CT molecular complexity index is 637. The first-order chi connectivity index (χ1) is 10.8. The molecule has 136 valence electrons. The summed E-state index contributed by atoms with van der Waals surface area (Å²) in [6.07, 6.45) is 2.86. The smallest absolute Gasteiger partial charge is 0.243 e. The van der Waals surface area contributed by atoms with Gasteiger partial charge in [-0.15, -0.1) is 12.4 Å². The van der Waals surface area contributed by atoms with E-state index in [-0.39, 0.29) is 41.8 Å². The zero-order valence-corrected chi connectivity index (χ0v) is 15.7. The molecule has 1 aromatic carbocycles. The lowest BCUT2D eigenvalue weighted by atomic mass is 9.97. The Hall–Kier alpha value is -1.15. The third kappa shape index (κ3) is 4.69. The molecule has 1 aromatic rings. The van der Waals surface area contributed by atoms with Crippen molar-refractivity contribution in [3.63, 3.8) is 0 Å². The van der Waals surface area contributed by atoms with Crippen LogP contribution in [0, 0.1) is 0 Å². The second-order valence-electron chi connectivity index (χ2n) is 6.08. The first kappa shape index (κ1) is 20.9. The fourth-order valence-electron chi connectivity index (χ4n) is 2.95. The van der Waals surface area contributed by atoms with Crippen molar-refractivity contribution in [3.8, 4) is 0 Å². The SMILES string of the molecule is CC(N)C1CCCCN1C(=O)CN(C)S(=O)(=O)c1ccccc1.Cl. The average molecular weight is 376 g/mol. The number of sulfonamides is 1. The molecule has 1 aliphatic heterocycles. The topological polar surface area (TPSA) is 83.7 Å². The first-order valence-electron chi connectivity index (χ1n) is 7.90. The number of nitrogens with two attached hydrogens (primary N) is 1. The Balaban J connectivity index is 0.00000288. The van der Waals surface area contributed by atoms with E-state index < -0.39 is 10.0 Å². The van der Waals surface area contributed by atoms with Crippen LogP contribution in [-0.4, -0.2) is 55.8 Å². The van der Waals surface area contributed by atoms with E-state index in [1.54, 1.807) is 23.1 Å². The highest BCUT2D eigenvalue weighted by atomic mass is 35.5. The van der Waals surface area contributed by atoms with Gasteiger partial charge in [-0.1, -0.05) is 18.2 Å². The second kappa shape index (κ2) is 8.80. The molecule has 1 fully saturated rings. The van der Waals surface area contributed by atoms with E-state index in [4.69, 9.17) is 5.73 Å². The van der Waals surface area contributed by atoms with E-state index >= 15 is 0 Å². The number of rotatable bonds is 5. The van der Waals surface area contributed by atoms with Crippen LogP contribution in [0.5, 0.6) is 0 Å². The molecule has 0 bridgehead atoms. The van der Waals surface area contributed by atoms with Crippen LogP contribution >= 0.6 is 12.4 Å². The van der Waals surface area contributed by atoms with Crippen LogP contribution in [0.1, 0.15) is 26.2 Å². The molecule has 0 aromatic heterocycles. The standard InChI is InChI=1S/C16H25N3O3S.ClH/c1-13(17)15-10-6-7-11-19(15)16(20)12-18(2)23(21,22)14-8-4-3-5-9-14;/h3-5,8-9,13,15H,6-7,10-12,17H2,1-2H3;1H. The zero-order chi connectivity index (χ0) is 17.0. The molecular weight excluding hydrogens is 350 g/mol. The summed E-state index contributed by atoms with van der Waals surface area (Å²) in [6, 6.07) is 8.02. The number of hydrogen-bond donors (Lipinski definition) is 1. The van der Waals surface area contributed by atoms with Gasteiger partial charge in [-0.25, -0.2) is 8.42 Å². The first-order valence-corrected chi connectivity index (χ1v) is 9.34. The van der Waals surface area contributed by atoms with Crippen molar-refractivity contribution in [2.45, 2.75) is 43.2 Å². The van der Waals surface area contributed by atoms with Crippen molar-refractivity contribution in [2.75, 3.05) is 20.1 Å². The maximum Gasteiger partial charge on any atom is 0.243 e. The molecule has 8 heteroatoms. The van der Waals surface area contributed by atoms with Crippen molar-refractivity contribution in [2.24, 2.45) is 5.73 Å². The lowest BCUT2D eigenvalue weighted by Crippen LogP contribution is -2.54. The molecule has 2 unspecified atom stereocenters. The van der Waals surface area contributed by atoms with Gasteiger partial charge in [0, 0.05) is 25.7 Å². The van der Waals surface area contributed by atoms with Crippen molar-refractivity contribution in [3.05, 3.63) is 30.3 Å². The summed E-state index contributed by atoms with van der Waals surface area (Å²) in [5.41, 5.74) is 5.98. The lowest BCUT2D eigenvalue weighted by molar-refractivity contribution is -0.135. The number of carbonyl (C=O) groups excluding carboxylic acids is 1. The molecular formula is C16H26ClN3O3S. The molecule has 0 saturated carbocycles. The number of piperidine rings is 1. The lowest BCUT2D eigenvalue weighted by Gasteiger charge is -2.38. The van der Waals surface area contributed by atoms with Crippen LogP contribution in [0.4, 0.5) is 0 Å². The monoisotopic (exact) mass is 375 g/mol. The number of halogens is 1. The molecule has 1 aliphatic rings. The fraction of sp³-hybridized carbons (Fsp3) is 0.562. The summed E-state index contributed by atoms with van der Waals surface area (Å²) in [7, 11) is -2.22. The van der Waals surface area contributed by atoms with Crippen LogP contribution in [0.15, 0.2) is 35.2 Å². The van der Waals surface area contributed by atoms with Crippen LogP contribution in [0.2, 0.25) is 0 Å². The summed E-state index contributed by atoms with van der Waals surface area (Å²) in [5.74, 6) is -0.186. The summed E-state index contributed by atoms with van der Waals surface area (Å²) in [4.78, 5) is 14.5. The van der Waals surface area contributed by atoms with Gasteiger partial charge in [0.05, 0.1) is 11.4 Å². The molecule has 2 N–H and O–H groups in total. The molecule has 0 aliphatic carbocycles. The summed E-state index contributed by atoms with van der Waals surface area (Å²) >= 11 is 0. The molecule has 6 nitrogen and oxygen atoms in total. The van der Waals surface area contributed by atoms with E-state index in [1.807, 2.05) is 6.92 Å².